The van der Waals surface area contributed by atoms with Gasteiger partial charge >= 0.3 is 0 Å². The van der Waals surface area contributed by atoms with Crippen LogP contribution in [0.1, 0.15) is 56.1 Å². The maximum Gasteiger partial charge on any atom is 0.248 e. The molecule has 2 aromatic carbocycles. The molecule has 2 aliphatic rings. The number of halogens is 3. The van der Waals surface area contributed by atoms with Gasteiger partial charge in [0.1, 0.15) is 0 Å². The lowest BCUT2D eigenvalue weighted by Gasteiger charge is -2.39. The number of hydrogen-bond donors (Lipinski definition) is 0. The molecular formula is C26H30ClF2NOS. The fourth-order valence-corrected chi connectivity index (χ4v) is 6.33. The third kappa shape index (κ3) is 5.85. The van der Waals surface area contributed by atoms with E-state index in [0.29, 0.717) is 24.4 Å². The van der Waals surface area contributed by atoms with Gasteiger partial charge in [-0.1, -0.05) is 47.9 Å². The third-order valence-electron chi connectivity index (χ3n) is 6.75. The summed E-state index contributed by atoms with van der Waals surface area (Å²) in [4.78, 5) is 16.9. The van der Waals surface area contributed by atoms with Gasteiger partial charge in [0.25, 0.3) is 0 Å². The number of nitrogens with zero attached hydrogens (tertiary/aromatic N) is 1. The topological polar surface area (TPSA) is 20.3 Å². The van der Waals surface area contributed by atoms with Crippen LogP contribution in [0.15, 0.2) is 53.4 Å². The SMILES string of the molecule is Cc1ccc(S[C@H]2CCC[C@@H]2C(=O)N(Cc2ccc(Cl)cc2)C2CCC(F)(F)CC2)cc1. The second kappa shape index (κ2) is 10.1. The summed E-state index contributed by atoms with van der Waals surface area (Å²) in [6.45, 7) is 2.52. The number of rotatable bonds is 6. The molecular weight excluding hydrogens is 448 g/mol. The minimum Gasteiger partial charge on any atom is -0.335 e. The van der Waals surface area contributed by atoms with Gasteiger partial charge in [0.05, 0.1) is 5.92 Å². The number of amides is 1. The van der Waals surface area contributed by atoms with Crippen LogP contribution in [0.4, 0.5) is 8.78 Å². The first-order valence-corrected chi connectivity index (χ1v) is 12.7. The van der Waals surface area contributed by atoms with E-state index >= 15 is 0 Å². The van der Waals surface area contributed by atoms with Crippen molar-refractivity contribution >= 4 is 29.3 Å². The second-order valence-corrected chi connectivity index (χ2v) is 10.9. The summed E-state index contributed by atoms with van der Waals surface area (Å²) in [5.74, 6) is -2.56. The molecule has 0 spiro atoms. The predicted octanol–water partition coefficient (Wildman–Crippen LogP) is 7.52. The van der Waals surface area contributed by atoms with Gasteiger partial charge < -0.3 is 4.90 Å². The van der Waals surface area contributed by atoms with Crippen molar-refractivity contribution in [3.05, 3.63) is 64.7 Å². The molecule has 0 aliphatic heterocycles. The first-order valence-electron chi connectivity index (χ1n) is 11.5. The summed E-state index contributed by atoms with van der Waals surface area (Å²) in [6.07, 6.45) is 3.32. The molecule has 2 aromatic rings. The lowest BCUT2D eigenvalue weighted by Crippen LogP contribution is -2.47. The normalized spacial score (nSPS) is 23.2. The molecule has 0 radical (unpaired) electrons. The van der Waals surface area contributed by atoms with Crippen molar-refractivity contribution in [2.45, 2.75) is 80.5 Å². The molecule has 172 valence electrons. The van der Waals surface area contributed by atoms with Crippen LogP contribution >= 0.6 is 23.4 Å². The Kier molecular flexibility index (Phi) is 7.46. The van der Waals surface area contributed by atoms with E-state index in [1.165, 1.54) is 10.5 Å². The molecule has 2 atom stereocenters. The molecule has 0 saturated heterocycles. The van der Waals surface area contributed by atoms with Gasteiger partial charge in [-0.15, -0.1) is 11.8 Å². The van der Waals surface area contributed by atoms with Crippen LogP contribution in [-0.4, -0.2) is 28.0 Å². The molecule has 32 heavy (non-hydrogen) atoms. The van der Waals surface area contributed by atoms with Gasteiger partial charge in [-0.2, -0.15) is 0 Å². The highest BCUT2D eigenvalue weighted by atomic mass is 35.5. The van der Waals surface area contributed by atoms with Gasteiger partial charge in [0.15, 0.2) is 0 Å². The van der Waals surface area contributed by atoms with E-state index in [-0.39, 0.29) is 36.0 Å². The minimum atomic E-state index is -2.61. The fourth-order valence-electron chi connectivity index (χ4n) is 4.86. The van der Waals surface area contributed by atoms with Crippen molar-refractivity contribution in [2.24, 2.45) is 5.92 Å². The van der Waals surface area contributed by atoms with Gasteiger partial charge in [-0.05, 0) is 62.4 Å². The van der Waals surface area contributed by atoms with Crippen LogP contribution in [0.25, 0.3) is 0 Å². The monoisotopic (exact) mass is 477 g/mol. The van der Waals surface area contributed by atoms with E-state index in [9.17, 15) is 13.6 Å². The number of benzene rings is 2. The lowest BCUT2D eigenvalue weighted by atomic mass is 9.90. The number of carbonyl (C=O) groups excluding carboxylic acids is 1. The standard InChI is InChI=1S/C26H30ClF2NOS/c1-18-5-11-22(12-6-18)32-24-4-2-3-23(24)25(31)30(17-19-7-9-20(27)10-8-19)21-13-15-26(28,29)16-14-21/h5-12,21,23-24H,2-4,13-17H2,1H3/t23-,24-/m0/s1. The van der Waals surface area contributed by atoms with E-state index in [2.05, 4.69) is 31.2 Å². The van der Waals surface area contributed by atoms with E-state index in [4.69, 9.17) is 11.6 Å². The molecule has 0 aromatic heterocycles. The second-order valence-electron chi connectivity index (χ2n) is 9.19. The molecule has 2 nitrogen and oxygen atoms in total. The molecule has 2 aliphatic carbocycles. The largest absolute Gasteiger partial charge is 0.335 e. The lowest BCUT2D eigenvalue weighted by molar-refractivity contribution is -0.141. The van der Waals surface area contributed by atoms with Gasteiger partial charge in [-0.25, -0.2) is 8.78 Å². The Hall–Kier alpha value is -1.59. The quantitative estimate of drug-likeness (QED) is 0.429. The van der Waals surface area contributed by atoms with Crippen molar-refractivity contribution in [3.63, 3.8) is 0 Å². The van der Waals surface area contributed by atoms with Crippen molar-refractivity contribution in [3.8, 4) is 0 Å². The maximum atomic E-state index is 13.8. The van der Waals surface area contributed by atoms with Gasteiger partial charge in [0, 0.05) is 40.6 Å². The molecule has 0 unspecified atom stereocenters. The van der Waals surface area contributed by atoms with Crippen molar-refractivity contribution in [1.82, 2.24) is 4.90 Å². The zero-order valence-corrected chi connectivity index (χ0v) is 20.0. The van der Waals surface area contributed by atoms with Gasteiger partial charge in [0.2, 0.25) is 11.8 Å². The zero-order chi connectivity index (χ0) is 22.7. The number of thioether (sulfide) groups is 1. The highest BCUT2D eigenvalue weighted by Gasteiger charge is 2.42. The summed E-state index contributed by atoms with van der Waals surface area (Å²) in [7, 11) is 0. The van der Waals surface area contributed by atoms with Crippen molar-refractivity contribution < 1.29 is 13.6 Å². The van der Waals surface area contributed by atoms with Crippen LogP contribution in [0.2, 0.25) is 5.02 Å². The smallest absolute Gasteiger partial charge is 0.248 e. The fraction of sp³-hybridized carbons (Fsp3) is 0.500. The highest BCUT2D eigenvalue weighted by molar-refractivity contribution is 8.00. The van der Waals surface area contributed by atoms with E-state index in [1.54, 1.807) is 11.8 Å². The van der Waals surface area contributed by atoms with Crippen LogP contribution < -0.4 is 0 Å². The first-order chi connectivity index (χ1) is 15.3. The third-order valence-corrected chi connectivity index (χ3v) is 8.42. The minimum absolute atomic E-state index is 0.0731. The Morgan fingerprint density at radius 3 is 2.34 bits per heavy atom. The summed E-state index contributed by atoms with van der Waals surface area (Å²) < 4.78 is 27.7. The molecule has 1 amide bonds. The zero-order valence-electron chi connectivity index (χ0n) is 18.4. The first kappa shape index (κ1) is 23.6. The number of alkyl halides is 2. The van der Waals surface area contributed by atoms with E-state index in [1.807, 2.05) is 29.2 Å². The average Bonchev–Trinajstić information content (AvgIpc) is 3.23. The highest BCUT2D eigenvalue weighted by Crippen LogP contribution is 2.42. The Balaban J connectivity index is 1.52. The van der Waals surface area contributed by atoms with Gasteiger partial charge in [-0.3, -0.25) is 4.79 Å². The summed E-state index contributed by atoms with van der Waals surface area (Å²) in [6, 6.07) is 15.8. The number of hydrogen-bond acceptors (Lipinski definition) is 2. The molecule has 0 heterocycles. The molecule has 0 N–H and O–H groups in total. The Labute approximate surface area is 198 Å². The Morgan fingerprint density at radius 1 is 1.03 bits per heavy atom. The van der Waals surface area contributed by atoms with E-state index < -0.39 is 5.92 Å². The van der Waals surface area contributed by atoms with Crippen molar-refractivity contribution in [1.29, 1.82) is 0 Å². The van der Waals surface area contributed by atoms with Crippen molar-refractivity contribution in [2.75, 3.05) is 0 Å². The Bertz CT molecular complexity index is 908. The molecule has 4 rings (SSSR count). The maximum absolute atomic E-state index is 13.8. The summed E-state index contributed by atoms with van der Waals surface area (Å²) in [5.41, 5.74) is 2.21. The number of carbonyl (C=O) groups is 1. The van der Waals surface area contributed by atoms with Crippen LogP contribution in [0, 0.1) is 12.8 Å². The molecule has 2 fully saturated rings. The van der Waals surface area contributed by atoms with Crippen LogP contribution in [-0.2, 0) is 11.3 Å². The van der Waals surface area contributed by atoms with E-state index in [0.717, 1.165) is 24.8 Å². The summed E-state index contributed by atoms with van der Waals surface area (Å²) >= 11 is 7.82. The summed E-state index contributed by atoms with van der Waals surface area (Å²) in [5, 5.41) is 0.872. The van der Waals surface area contributed by atoms with Crippen LogP contribution in [0.3, 0.4) is 0 Å². The molecule has 2 saturated carbocycles. The number of aryl methyl sites for hydroxylation is 1. The Morgan fingerprint density at radius 2 is 1.69 bits per heavy atom. The van der Waals surface area contributed by atoms with Crippen LogP contribution in [0.5, 0.6) is 0 Å². The average molecular weight is 478 g/mol. The molecule has 6 heteroatoms. The predicted molar refractivity (Wildman–Crippen MR) is 127 cm³/mol. The molecule has 0 bridgehead atoms.